The largest absolute Gasteiger partial charge is 0.480 e. The fraction of sp³-hybridized carbons (Fsp3) is 0.833. The molecule has 0 unspecified atom stereocenters. The van der Waals surface area contributed by atoms with Gasteiger partial charge in [0.25, 0.3) is 0 Å². The van der Waals surface area contributed by atoms with Gasteiger partial charge in [-0.15, -0.1) is 0 Å². The molecule has 2 aliphatic rings. The van der Waals surface area contributed by atoms with Gasteiger partial charge >= 0.3 is 5.97 Å². The first-order chi connectivity index (χ1) is 7.13. The van der Waals surface area contributed by atoms with Crippen LogP contribution in [0.25, 0.3) is 0 Å². The molecule has 0 aromatic carbocycles. The van der Waals surface area contributed by atoms with E-state index in [0.717, 1.165) is 12.8 Å². The van der Waals surface area contributed by atoms with Crippen LogP contribution in [0.5, 0.6) is 0 Å². The van der Waals surface area contributed by atoms with E-state index in [-0.39, 0.29) is 5.41 Å². The number of carboxylic acid groups (broad SMARTS) is 1. The summed E-state index contributed by atoms with van der Waals surface area (Å²) in [5.74, 6) is -0.917. The molecule has 0 aliphatic heterocycles. The fourth-order valence-electron chi connectivity index (χ4n) is 3.34. The lowest BCUT2D eigenvalue weighted by atomic mass is 9.50. The second kappa shape index (κ2) is 3.52. The normalized spacial score (nSPS) is 27.4. The molecule has 2 saturated carbocycles. The molecule has 0 bridgehead atoms. The van der Waals surface area contributed by atoms with Gasteiger partial charge < -0.3 is 5.11 Å². The highest BCUT2D eigenvalue weighted by atomic mass is 16.4. The average molecular weight is 207 g/mol. The van der Waals surface area contributed by atoms with Gasteiger partial charge in [0.2, 0.25) is 0 Å². The monoisotopic (exact) mass is 207 g/mol. The lowest BCUT2D eigenvalue weighted by molar-refractivity contribution is -0.159. The SMILES string of the molecule is N#CC1(C(=O)O)CC2(CCCCCC2)C1. The highest BCUT2D eigenvalue weighted by molar-refractivity contribution is 5.79. The highest BCUT2D eigenvalue weighted by Gasteiger charge is 2.59. The van der Waals surface area contributed by atoms with Crippen molar-refractivity contribution in [1.82, 2.24) is 0 Å². The minimum atomic E-state index is -1.05. The van der Waals surface area contributed by atoms with Gasteiger partial charge in [0, 0.05) is 0 Å². The number of carboxylic acids is 1. The molecule has 0 saturated heterocycles. The van der Waals surface area contributed by atoms with Crippen LogP contribution in [0.4, 0.5) is 0 Å². The Kier molecular flexibility index (Phi) is 2.46. The third-order valence-electron chi connectivity index (χ3n) is 4.14. The van der Waals surface area contributed by atoms with E-state index in [9.17, 15) is 4.79 Å². The summed E-state index contributed by atoms with van der Waals surface area (Å²) in [4.78, 5) is 11.0. The van der Waals surface area contributed by atoms with Crippen molar-refractivity contribution >= 4 is 5.97 Å². The van der Waals surface area contributed by atoms with E-state index in [4.69, 9.17) is 10.4 Å². The van der Waals surface area contributed by atoms with Crippen LogP contribution in [-0.2, 0) is 4.79 Å². The summed E-state index contributed by atoms with van der Waals surface area (Å²) in [6, 6.07) is 2.01. The predicted octanol–water partition coefficient (Wildman–Crippen LogP) is 2.72. The lowest BCUT2D eigenvalue weighted by Gasteiger charge is -2.50. The Morgan fingerprint density at radius 1 is 1.13 bits per heavy atom. The van der Waals surface area contributed by atoms with Gasteiger partial charge in [-0.2, -0.15) is 5.26 Å². The van der Waals surface area contributed by atoms with E-state index < -0.39 is 11.4 Å². The van der Waals surface area contributed by atoms with Gasteiger partial charge in [0.1, 0.15) is 0 Å². The molecule has 0 aromatic rings. The van der Waals surface area contributed by atoms with Gasteiger partial charge in [0.05, 0.1) is 6.07 Å². The second-order valence-corrected chi connectivity index (χ2v) is 5.27. The van der Waals surface area contributed by atoms with Gasteiger partial charge in [-0.25, -0.2) is 0 Å². The maximum absolute atomic E-state index is 11.0. The fourth-order valence-corrected chi connectivity index (χ4v) is 3.34. The van der Waals surface area contributed by atoms with Crippen LogP contribution >= 0.6 is 0 Å². The molecule has 0 aromatic heterocycles. The van der Waals surface area contributed by atoms with Crippen LogP contribution in [-0.4, -0.2) is 11.1 Å². The zero-order valence-corrected chi connectivity index (χ0v) is 8.96. The third kappa shape index (κ3) is 1.62. The van der Waals surface area contributed by atoms with Crippen molar-refractivity contribution in [3.63, 3.8) is 0 Å². The van der Waals surface area contributed by atoms with E-state index in [0.29, 0.717) is 12.8 Å². The highest BCUT2D eigenvalue weighted by Crippen LogP contribution is 2.60. The molecule has 0 radical (unpaired) electrons. The molecule has 0 heterocycles. The number of carbonyl (C=O) groups is 1. The number of aliphatic carboxylic acids is 1. The predicted molar refractivity (Wildman–Crippen MR) is 55.1 cm³/mol. The maximum atomic E-state index is 11.0. The summed E-state index contributed by atoms with van der Waals surface area (Å²) in [6.45, 7) is 0. The Bertz CT molecular complexity index is 300. The molecule has 82 valence electrons. The van der Waals surface area contributed by atoms with Gasteiger partial charge in [-0.3, -0.25) is 4.79 Å². The lowest BCUT2D eigenvalue weighted by Crippen LogP contribution is -2.50. The molecule has 0 amide bonds. The van der Waals surface area contributed by atoms with Crippen molar-refractivity contribution in [2.75, 3.05) is 0 Å². The number of nitriles is 1. The number of hydrogen-bond donors (Lipinski definition) is 1. The standard InChI is InChI=1S/C12H17NO2/c13-9-12(10(14)15)7-11(8-12)5-3-1-2-4-6-11/h1-8H2,(H,14,15). The van der Waals surface area contributed by atoms with Gasteiger partial charge in [-0.05, 0) is 31.1 Å². The van der Waals surface area contributed by atoms with Crippen LogP contribution in [0, 0.1) is 22.2 Å². The van der Waals surface area contributed by atoms with Crippen LogP contribution in [0.3, 0.4) is 0 Å². The van der Waals surface area contributed by atoms with E-state index in [1.165, 1.54) is 25.7 Å². The molecule has 2 rings (SSSR count). The molecule has 3 heteroatoms. The zero-order valence-electron chi connectivity index (χ0n) is 8.96. The van der Waals surface area contributed by atoms with Crippen molar-refractivity contribution in [2.45, 2.75) is 51.4 Å². The summed E-state index contributed by atoms with van der Waals surface area (Å²) < 4.78 is 0. The third-order valence-corrected chi connectivity index (χ3v) is 4.14. The summed E-state index contributed by atoms with van der Waals surface area (Å²) in [6.07, 6.45) is 8.40. The van der Waals surface area contributed by atoms with Crippen LogP contribution in [0.1, 0.15) is 51.4 Å². The van der Waals surface area contributed by atoms with E-state index in [2.05, 4.69) is 0 Å². The molecular weight excluding hydrogens is 190 g/mol. The molecular formula is C12H17NO2. The van der Waals surface area contributed by atoms with Crippen molar-refractivity contribution in [3.8, 4) is 6.07 Å². The minimum absolute atomic E-state index is 0.199. The molecule has 1 spiro atoms. The van der Waals surface area contributed by atoms with Crippen molar-refractivity contribution in [2.24, 2.45) is 10.8 Å². The molecule has 3 nitrogen and oxygen atoms in total. The molecule has 2 fully saturated rings. The van der Waals surface area contributed by atoms with Gasteiger partial charge in [0.15, 0.2) is 5.41 Å². The minimum Gasteiger partial charge on any atom is -0.480 e. The summed E-state index contributed by atoms with van der Waals surface area (Å²) in [5, 5.41) is 18.0. The first-order valence-electron chi connectivity index (χ1n) is 5.77. The van der Waals surface area contributed by atoms with E-state index >= 15 is 0 Å². The Morgan fingerprint density at radius 3 is 2.07 bits per heavy atom. The molecule has 1 N–H and O–H groups in total. The number of hydrogen-bond acceptors (Lipinski definition) is 2. The average Bonchev–Trinajstić information content (AvgIpc) is 2.39. The second-order valence-electron chi connectivity index (χ2n) is 5.27. The van der Waals surface area contributed by atoms with Crippen molar-refractivity contribution in [3.05, 3.63) is 0 Å². The van der Waals surface area contributed by atoms with Crippen molar-refractivity contribution in [1.29, 1.82) is 5.26 Å². The Hall–Kier alpha value is -1.04. The molecule has 2 aliphatic carbocycles. The Morgan fingerprint density at radius 2 is 1.67 bits per heavy atom. The number of nitrogens with zero attached hydrogens (tertiary/aromatic N) is 1. The van der Waals surface area contributed by atoms with Crippen LogP contribution in [0.15, 0.2) is 0 Å². The topological polar surface area (TPSA) is 61.1 Å². The zero-order chi connectivity index (χ0) is 10.9. The first kappa shape index (κ1) is 10.5. The van der Waals surface area contributed by atoms with Crippen molar-refractivity contribution < 1.29 is 9.90 Å². The smallest absolute Gasteiger partial charge is 0.324 e. The van der Waals surface area contributed by atoms with E-state index in [1.807, 2.05) is 6.07 Å². The first-order valence-corrected chi connectivity index (χ1v) is 5.77. The van der Waals surface area contributed by atoms with E-state index in [1.54, 1.807) is 0 Å². The quantitative estimate of drug-likeness (QED) is 0.719. The Labute approximate surface area is 90.1 Å². The molecule has 0 atom stereocenters. The summed E-state index contributed by atoms with van der Waals surface area (Å²) in [5.41, 5.74) is -0.852. The van der Waals surface area contributed by atoms with Crippen LogP contribution in [0.2, 0.25) is 0 Å². The summed E-state index contributed by atoms with van der Waals surface area (Å²) >= 11 is 0. The van der Waals surface area contributed by atoms with Gasteiger partial charge in [-0.1, -0.05) is 25.7 Å². The maximum Gasteiger partial charge on any atom is 0.324 e. The Balaban J connectivity index is 2.06. The summed E-state index contributed by atoms with van der Waals surface area (Å²) in [7, 11) is 0. The molecule has 15 heavy (non-hydrogen) atoms. The van der Waals surface area contributed by atoms with Crippen LogP contribution < -0.4 is 0 Å². The number of rotatable bonds is 1.